The lowest BCUT2D eigenvalue weighted by Crippen LogP contribution is -2.19. The normalized spacial score (nSPS) is 15.1. The molecule has 0 bridgehead atoms. The third kappa shape index (κ3) is 3.02. The molecule has 8 nitrogen and oxygen atoms in total. The molecule has 4 rings (SSSR count). The summed E-state index contributed by atoms with van der Waals surface area (Å²) in [6.07, 6.45) is 8.92. The number of aryl methyl sites for hydroxylation is 1. The number of nitrogens with zero attached hydrogens (tertiary/aromatic N) is 6. The number of pyridine rings is 1. The standard InChI is InChI=1S/C17H19N7O/c1-11-8-21-24(12(2)13-3-4-13)16(11)22-17(25)14-5-6-18-15(7-14)23-9-19-20-10-23/h5-10,12-13H,3-4H2,1-2H3,(H,22,25)/t12-/m1/s1. The molecule has 0 spiro atoms. The molecule has 1 N–H and O–H groups in total. The van der Waals surface area contributed by atoms with Crippen molar-refractivity contribution in [3.63, 3.8) is 0 Å². The Morgan fingerprint density at radius 3 is 2.80 bits per heavy atom. The molecule has 1 aliphatic rings. The van der Waals surface area contributed by atoms with E-state index in [1.807, 2.05) is 11.6 Å². The quantitative estimate of drug-likeness (QED) is 0.772. The molecular weight excluding hydrogens is 318 g/mol. The van der Waals surface area contributed by atoms with Crippen molar-refractivity contribution in [1.29, 1.82) is 0 Å². The maximum atomic E-state index is 12.7. The Balaban J connectivity index is 1.59. The van der Waals surface area contributed by atoms with Crippen molar-refractivity contribution < 1.29 is 4.79 Å². The molecule has 0 aromatic carbocycles. The maximum Gasteiger partial charge on any atom is 0.257 e. The Bertz CT molecular complexity index is 896. The summed E-state index contributed by atoms with van der Waals surface area (Å²) in [7, 11) is 0. The highest BCUT2D eigenvalue weighted by Gasteiger charge is 2.31. The van der Waals surface area contributed by atoms with Crippen LogP contribution in [0.2, 0.25) is 0 Å². The van der Waals surface area contributed by atoms with Gasteiger partial charge in [-0.3, -0.25) is 9.36 Å². The van der Waals surface area contributed by atoms with Crippen LogP contribution in [0.4, 0.5) is 5.82 Å². The summed E-state index contributed by atoms with van der Waals surface area (Å²) in [5, 5.41) is 15.0. The second-order valence-corrected chi connectivity index (χ2v) is 6.42. The first-order chi connectivity index (χ1) is 12.1. The van der Waals surface area contributed by atoms with E-state index in [1.54, 1.807) is 41.7 Å². The minimum atomic E-state index is -0.190. The molecule has 1 amide bonds. The second kappa shape index (κ2) is 6.12. The van der Waals surface area contributed by atoms with E-state index in [0.717, 1.165) is 11.4 Å². The van der Waals surface area contributed by atoms with Crippen molar-refractivity contribution in [2.75, 3.05) is 5.32 Å². The van der Waals surface area contributed by atoms with Gasteiger partial charge in [-0.2, -0.15) is 5.10 Å². The smallest absolute Gasteiger partial charge is 0.257 e. The van der Waals surface area contributed by atoms with Crippen LogP contribution in [0.1, 0.15) is 41.7 Å². The molecule has 1 fully saturated rings. The van der Waals surface area contributed by atoms with Gasteiger partial charge in [0, 0.05) is 17.3 Å². The summed E-state index contributed by atoms with van der Waals surface area (Å²) in [4.78, 5) is 17.0. The highest BCUT2D eigenvalue weighted by atomic mass is 16.1. The summed E-state index contributed by atoms with van der Waals surface area (Å²) < 4.78 is 3.58. The number of anilines is 1. The predicted molar refractivity (Wildman–Crippen MR) is 91.5 cm³/mol. The predicted octanol–water partition coefficient (Wildman–Crippen LogP) is 2.39. The SMILES string of the molecule is Cc1cnn([C@H](C)C2CC2)c1NC(=O)c1ccnc(-n2cnnc2)c1. The molecule has 3 heterocycles. The lowest BCUT2D eigenvalue weighted by atomic mass is 10.2. The molecular formula is C17H19N7O. The van der Waals surface area contributed by atoms with Gasteiger partial charge < -0.3 is 5.32 Å². The number of hydrogen-bond donors (Lipinski definition) is 1. The van der Waals surface area contributed by atoms with Crippen LogP contribution >= 0.6 is 0 Å². The fraction of sp³-hybridized carbons (Fsp3) is 0.353. The number of hydrogen-bond acceptors (Lipinski definition) is 5. The van der Waals surface area contributed by atoms with Crippen LogP contribution in [-0.2, 0) is 0 Å². The monoisotopic (exact) mass is 337 g/mol. The summed E-state index contributed by atoms with van der Waals surface area (Å²) in [6, 6.07) is 3.68. The topological polar surface area (TPSA) is 90.5 Å². The highest BCUT2D eigenvalue weighted by Crippen LogP contribution is 2.40. The molecule has 25 heavy (non-hydrogen) atoms. The fourth-order valence-corrected chi connectivity index (χ4v) is 2.89. The summed E-state index contributed by atoms with van der Waals surface area (Å²) >= 11 is 0. The summed E-state index contributed by atoms with van der Waals surface area (Å²) in [5.74, 6) is 1.81. The molecule has 1 aliphatic carbocycles. The number of aromatic nitrogens is 6. The molecule has 3 aromatic heterocycles. The Morgan fingerprint density at radius 1 is 1.32 bits per heavy atom. The van der Waals surface area contributed by atoms with Crippen LogP contribution in [0, 0.1) is 12.8 Å². The van der Waals surface area contributed by atoms with Gasteiger partial charge in [0.25, 0.3) is 5.91 Å². The largest absolute Gasteiger partial charge is 0.307 e. The van der Waals surface area contributed by atoms with E-state index < -0.39 is 0 Å². The third-order valence-corrected chi connectivity index (χ3v) is 4.59. The van der Waals surface area contributed by atoms with E-state index in [9.17, 15) is 4.79 Å². The first-order valence-corrected chi connectivity index (χ1v) is 8.30. The van der Waals surface area contributed by atoms with Crippen LogP contribution in [0.3, 0.4) is 0 Å². The number of carbonyl (C=O) groups is 1. The Labute approximate surface area is 144 Å². The van der Waals surface area contributed by atoms with Gasteiger partial charge in [-0.05, 0) is 44.7 Å². The van der Waals surface area contributed by atoms with Crippen LogP contribution in [-0.4, -0.2) is 35.4 Å². The van der Waals surface area contributed by atoms with E-state index in [2.05, 4.69) is 32.5 Å². The molecule has 0 saturated heterocycles. The van der Waals surface area contributed by atoms with Crippen LogP contribution in [0.5, 0.6) is 0 Å². The molecule has 8 heteroatoms. The minimum absolute atomic E-state index is 0.190. The fourth-order valence-electron chi connectivity index (χ4n) is 2.89. The summed E-state index contributed by atoms with van der Waals surface area (Å²) in [6.45, 7) is 4.10. The lowest BCUT2D eigenvalue weighted by molar-refractivity contribution is 0.102. The third-order valence-electron chi connectivity index (χ3n) is 4.59. The molecule has 3 aromatic rings. The number of rotatable bonds is 5. The lowest BCUT2D eigenvalue weighted by Gasteiger charge is -2.16. The first kappa shape index (κ1) is 15.5. The zero-order chi connectivity index (χ0) is 17.4. The second-order valence-electron chi connectivity index (χ2n) is 6.42. The van der Waals surface area contributed by atoms with Crippen LogP contribution in [0.15, 0.2) is 37.2 Å². The molecule has 0 unspecified atom stereocenters. The number of nitrogens with one attached hydrogen (secondary N) is 1. The summed E-state index contributed by atoms with van der Waals surface area (Å²) in [5.41, 5.74) is 1.47. The van der Waals surface area contributed by atoms with E-state index >= 15 is 0 Å². The first-order valence-electron chi connectivity index (χ1n) is 8.30. The molecule has 0 aliphatic heterocycles. The Hall–Kier alpha value is -3.03. The zero-order valence-corrected chi connectivity index (χ0v) is 14.1. The van der Waals surface area contributed by atoms with Crippen LogP contribution in [0.25, 0.3) is 5.82 Å². The average Bonchev–Trinajstić information content (AvgIpc) is 3.21. The molecule has 1 saturated carbocycles. The van der Waals surface area contributed by atoms with Gasteiger partial charge in [0.15, 0.2) is 0 Å². The van der Waals surface area contributed by atoms with Crippen molar-refractivity contribution >= 4 is 11.7 Å². The Kier molecular flexibility index (Phi) is 3.79. The van der Waals surface area contributed by atoms with Crippen molar-refractivity contribution in [2.45, 2.75) is 32.7 Å². The van der Waals surface area contributed by atoms with E-state index in [4.69, 9.17) is 0 Å². The van der Waals surface area contributed by atoms with Gasteiger partial charge in [0.2, 0.25) is 0 Å². The highest BCUT2D eigenvalue weighted by molar-refractivity contribution is 6.04. The maximum absolute atomic E-state index is 12.7. The van der Waals surface area contributed by atoms with E-state index in [1.165, 1.54) is 12.8 Å². The van der Waals surface area contributed by atoms with E-state index in [0.29, 0.717) is 17.3 Å². The average molecular weight is 337 g/mol. The molecule has 128 valence electrons. The van der Waals surface area contributed by atoms with Crippen LogP contribution < -0.4 is 5.32 Å². The van der Waals surface area contributed by atoms with Gasteiger partial charge in [0.1, 0.15) is 24.3 Å². The van der Waals surface area contributed by atoms with Crippen molar-refractivity contribution in [3.05, 3.63) is 48.3 Å². The zero-order valence-electron chi connectivity index (χ0n) is 14.1. The minimum Gasteiger partial charge on any atom is -0.307 e. The Morgan fingerprint density at radius 2 is 2.08 bits per heavy atom. The van der Waals surface area contributed by atoms with Gasteiger partial charge >= 0.3 is 0 Å². The van der Waals surface area contributed by atoms with Gasteiger partial charge in [-0.1, -0.05) is 0 Å². The van der Waals surface area contributed by atoms with Crippen molar-refractivity contribution in [3.8, 4) is 5.82 Å². The molecule has 1 atom stereocenters. The van der Waals surface area contributed by atoms with Crippen molar-refractivity contribution in [1.82, 2.24) is 29.5 Å². The number of carbonyl (C=O) groups excluding carboxylic acids is 1. The van der Waals surface area contributed by atoms with E-state index in [-0.39, 0.29) is 11.9 Å². The number of amides is 1. The van der Waals surface area contributed by atoms with Gasteiger partial charge in [-0.25, -0.2) is 9.67 Å². The van der Waals surface area contributed by atoms with Gasteiger partial charge in [-0.15, -0.1) is 10.2 Å². The molecule has 0 radical (unpaired) electrons. The van der Waals surface area contributed by atoms with Gasteiger partial charge in [0.05, 0.1) is 12.2 Å². The van der Waals surface area contributed by atoms with Crippen molar-refractivity contribution in [2.24, 2.45) is 5.92 Å².